The van der Waals surface area contributed by atoms with Crippen LogP contribution in [0.4, 0.5) is 0 Å². The molecule has 3 heteroatoms. The highest BCUT2D eigenvalue weighted by atomic mass is 16.1. The fraction of sp³-hybridized carbons (Fsp3) is 0.750. The van der Waals surface area contributed by atoms with E-state index in [1.165, 1.54) is 6.08 Å². The van der Waals surface area contributed by atoms with Crippen molar-refractivity contribution in [2.45, 2.75) is 32.2 Å². The number of nitrogens with zero attached hydrogens (tertiary/aromatic N) is 1. The Morgan fingerprint density at radius 2 is 2.09 bits per heavy atom. The SMILES string of the molecule is CC(C)C1(N=C=O)CC(=O)C1. The average Bonchev–Trinajstić information content (AvgIpc) is 1.84. The van der Waals surface area contributed by atoms with Gasteiger partial charge in [-0.2, -0.15) is 4.99 Å². The van der Waals surface area contributed by atoms with Gasteiger partial charge in [0.05, 0.1) is 5.54 Å². The summed E-state index contributed by atoms with van der Waals surface area (Å²) in [6, 6.07) is 0. The van der Waals surface area contributed by atoms with Gasteiger partial charge in [-0.3, -0.25) is 4.79 Å². The minimum absolute atomic E-state index is 0.192. The summed E-state index contributed by atoms with van der Waals surface area (Å²) in [5, 5.41) is 0. The fourth-order valence-electron chi connectivity index (χ4n) is 1.34. The van der Waals surface area contributed by atoms with Crippen molar-refractivity contribution >= 4 is 11.9 Å². The van der Waals surface area contributed by atoms with Gasteiger partial charge in [-0.25, -0.2) is 4.79 Å². The molecule has 1 aliphatic carbocycles. The Morgan fingerprint density at radius 1 is 1.55 bits per heavy atom. The zero-order valence-electron chi connectivity index (χ0n) is 6.76. The minimum atomic E-state index is -0.404. The molecule has 1 saturated carbocycles. The van der Waals surface area contributed by atoms with Crippen molar-refractivity contribution in [3.63, 3.8) is 0 Å². The van der Waals surface area contributed by atoms with Gasteiger partial charge in [0.15, 0.2) is 0 Å². The van der Waals surface area contributed by atoms with E-state index in [9.17, 15) is 9.59 Å². The van der Waals surface area contributed by atoms with E-state index in [-0.39, 0.29) is 11.7 Å². The molecule has 0 aromatic heterocycles. The highest BCUT2D eigenvalue weighted by molar-refractivity contribution is 5.88. The number of carbonyl (C=O) groups is 1. The molecule has 0 heterocycles. The van der Waals surface area contributed by atoms with E-state index in [0.717, 1.165) is 0 Å². The molecule has 0 unspecified atom stereocenters. The predicted molar refractivity (Wildman–Crippen MR) is 39.9 cm³/mol. The average molecular weight is 153 g/mol. The second kappa shape index (κ2) is 2.59. The molecule has 0 saturated heterocycles. The highest BCUT2D eigenvalue weighted by Crippen LogP contribution is 2.38. The van der Waals surface area contributed by atoms with Crippen LogP contribution in [0.25, 0.3) is 0 Å². The number of isocyanates is 1. The number of carbonyl (C=O) groups excluding carboxylic acids is 2. The standard InChI is InChI=1S/C8H11NO2/c1-6(2)8(9-5-10)3-7(11)4-8/h6H,3-4H2,1-2H3. The second-order valence-corrected chi connectivity index (χ2v) is 3.35. The molecule has 0 bridgehead atoms. The van der Waals surface area contributed by atoms with Gasteiger partial charge in [-0.15, -0.1) is 0 Å². The van der Waals surface area contributed by atoms with Crippen LogP contribution in [0.2, 0.25) is 0 Å². The summed E-state index contributed by atoms with van der Waals surface area (Å²) in [5.74, 6) is 0.444. The molecule has 1 fully saturated rings. The number of rotatable bonds is 2. The van der Waals surface area contributed by atoms with Crippen LogP contribution in [0.15, 0.2) is 4.99 Å². The highest BCUT2D eigenvalue weighted by Gasteiger charge is 2.46. The van der Waals surface area contributed by atoms with E-state index < -0.39 is 5.54 Å². The Labute approximate surface area is 65.5 Å². The summed E-state index contributed by atoms with van der Waals surface area (Å²) < 4.78 is 0. The Morgan fingerprint density at radius 3 is 2.36 bits per heavy atom. The van der Waals surface area contributed by atoms with Gasteiger partial charge in [0, 0.05) is 12.8 Å². The van der Waals surface area contributed by atoms with E-state index >= 15 is 0 Å². The van der Waals surface area contributed by atoms with Crippen LogP contribution in [0.5, 0.6) is 0 Å². The summed E-state index contributed by atoms with van der Waals surface area (Å²) in [6.07, 6.45) is 2.37. The lowest BCUT2D eigenvalue weighted by Gasteiger charge is -2.38. The van der Waals surface area contributed by atoms with Crippen LogP contribution in [0, 0.1) is 5.92 Å². The summed E-state index contributed by atoms with van der Waals surface area (Å²) >= 11 is 0. The van der Waals surface area contributed by atoms with Gasteiger partial charge in [-0.05, 0) is 5.92 Å². The lowest BCUT2D eigenvalue weighted by Crippen LogP contribution is -2.46. The Kier molecular flexibility index (Phi) is 1.92. The van der Waals surface area contributed by atoms with Crippen molar-refractivity contribution in [2.24, 2.45) is 10.9 Å². The van der Waals surface area contributed by atoms with Crippen LogP contribution in [-0.2, 0) is 9.59 Å². The molecule has 0 aromatic carbocycles. The molecule has 1 aliphatic rings. The minimum Gasteiger partial charge on any atom is -0.300 e. The lowest BCUT2D eigenvalue weighted by atomic mass is 9.69. The monoisotopic (exact) mass is 153 g/mol. The molecular formula is C8H11NO2. The lowest BCUT2D eigenvalue weighted by molar-refractivity contribution is -0.129. The first-order chi connectivity index (χ1) is 5.10. The second-order valence-electron chi connectivity index (χ2n) is 3.35. The number of hydrogen-bond acceptors (Lipinski definition) is 3. The van der Waals surface area contributed by atoms with Crippen LogP contribution < -0.4 is 0 Å². The van der Waals surface area contributed by atoms with Crippen molar-refractivity contribution in [3.05, 3.63) is 0 Å². The van der Waals surface area contributed by atoms with Crippen molar-refractivity contribution in [1.29, 1.82) is 0 Å². The quantitative estimate of drug-likeness (QED) is 0.440. The first kappa shape index (κ1) is 8.15. The molecule has 0 amide bonds. The van der Waals surface area contributed by atoms with Crippen molar-refractivity contribution in [3.8, 4) is 0 Å². The molecule has 0 radical (unpaired) electrons. The Hall–Kier alpha value is -0.950. The molecule has 1 rings (SSSR count). The van der Waals surface area contributed by atoms with Crippen molar-refractivity contribution in [1.82, 2.24) is 0 Å². The third kappa shape index (κ3) is 1.24. The summed E-state index contributed by atoms with van der Waals surface area (Å²) in [5.41, 5.74) is -0.404. The van der Waals surface area contributed by atoms with Gasteiger partial charge in [0.1, 0.15) is 5.78 Å². The topological polar surface area (TPSA) is 46.5 Å². The van der Waals surface area contributed by atoms with Gasteiger partial charge < -0.3 is 0 Å². The van der Waals surface area contributed by atoms with E-state index in [0.29, 0.717) is 12.8 Å². The fourth-order valence-corrected chi connectivity index (χ4v) is 1.34. The van der Waals surface area contributed by atoms with Gasteiger partial charge in [0.2, 0.25) is 6.08 Å². The number of hydrogen-bond donors (Lipinski definition) is 0. The van der Waals surface area contributed by atoms with Crippen molar-refractivity contribution in [2.75, 3.05) is 0 Å². The number of Topliss-reactive ketones (excluding diaryl/α,β-unsaturated/α-hetero) is 1. The molecule has 0 spiro atoms. The normalized spacial score (nSPS) is 20.8. The molecule has 60 valence electrons. The maximum Gasteiger partial charge on any atom is 0.235 e. The smallest absolute Gasteiger partial charge is 0.235 e. The summed E-state index contributed by atoms with van der Waals surface area (Å²) in [7, 11) is 0. The van der Waals surface area contributed by atoms with Gasteiger partial charge >= 0.3 is 0 Å². The van der Waals surface area contributed by atoms with Crippen molar-refractivity contribution < 1.29 is 9.59 Å². The van der Waals surface area contributed by atoms with E-state index in [1.807, 2.05) is 13.8 Å². The van der Waals surface area contributed by atoms with Crippen LogP contribution in [-0.4, -0.2) is 17.4 Å². The summed E-state index contributed by atoms with van der Waals surface area (Å²) in [4.78, 5) is 24.4. The largest absolute Gasteiger partial charge is 0.300 e. The zero-order chi connectivity index (χ0) is 8.48. The van der Waals surface area contributed by atoms with E-state index in [1.54, 1.807) is 0 Å². The molecule has 0 aliphatic heterocycles. The third-order valence-corrected chi connectivity index (χ3v) is 2.35. The third-order valence-electron chi connectivity index (χ3n) is 2.35. The number of aliphatic imine (C=N–C) groups is 1. The van der Waals surface area contributed by atoms with E-state index in [4.69, 9.17) is 0 Å². The molecule has 0 aromatic rings. The summed E-state index contributed by atoms with van der Waals surface area (Å²) in [6.45, 7) is 3.93. The van der Waals surface area contributed by atoms with Gasteiger partial charge in [-0.1, -0.05) is 13.8 Å². The van der Waals surface area contributed by atoms with Crippen LogP contribution in [0.1, 0.15) is 26.7 Å². The molecule has 0 N–H and O–H groups in total. The molecule has 0 atom stereocenters. The first-order valence-corrected chi connectivity index (χ1v) is 3.71. The maximum absolute atomic E-state index is 10.7. The van der Waals surface area contributed by atoms with E-state index in [2.05, 4.69) is 4.99 Å². The molecular weight excluding hydrogens is 142 g/mol. The van der Waals surface area contributed by atoms with Crippen LogP contribution in [0.3, 0.4) is 0 Å². The Bertz CT molecular complexity index is 218. The molecule has 11 heavy (non-hydrogen) atoms. The van der Waals surface area contributed by atoms with Crippen LogP contribution >= 0.6 is 0 Å². The zero-order valence-corrected chi connectivity index (χ0v) is 6.76. The number of ketones is 1. The maximum atomic E-state index is 10.7. The predicted octanol–water partition coefficient (Wildman–Crippen LogP) is 1.08. The molecule has 3 nitrogen and oxygen atoms in total. The first-order valence-electron chi connectivity index (χ1n) is 3.71. The Balaban J connectivity index is 2.75. The van der Waals surface area contributed by atoms with Gasteiger partial charge in [0.25, 0.3) is 0 Å².